The molecule has 0 fully saturated rings. The summed E-state index contributed by atoms with van der Waals surface area (Å²) < 4.78 is 11.4. The monoisotopic (exact) mass is 365 g/mol. The second-order valence-corrected chi connectivity index (χ2v) is 7.48. The standard InChI is InChI=1S/C20H19N3O2S/c1-15-9-10-18(26-15)13-23(12-17-8-5-11-24-17)14-19-21-22-20(25-19)16-6-3-2-4-7-16/h2-11H,12-14H2,1H3. The van der Waals surface area contributed by atoms with Gasteiger partial charge >= 0.3 is 0 Å². The molecular formula is C20H19N3O2S. The first-order valence-electron chi connectivity index (χ1n) is 8.44. The number of hydrogen-bond acceptors (Lipinski definition) is 6. The van der Waals surface area contributed by atoms with Crippen molar-refractivity contribution < 1.29 is 8.83 Å². The van der Waals surface area contributed by atoms with Gasteiger partial charge in [0.2, 0.25) is 11.8 Å². The summed E-state index contributed by atoms with van der Waals surface area (Å²) in [5.41, 5.74) is 0.928. The molecule has 3 aromatic heterocycles. The smallest absolute Gasteiger partial charge is 0.247 e. The summed E-state index contributed by atoms with van der Waals surface area (Å²) in [6.45, 7) is 4.18. The molecule has 0 atom stereocenters. The number of thiophene rings is 1. The highest BCUT2D eigenvalue weighted by Gasteiger charge is 2.15. The van der Waals surface area contributed by atoms with E-state index in [1.807, 2.05) is 42.5 Å². The largest absolute Gasteiger partial charge is 0.468 e. The van der Waals surface area contributed by atoms with Crippen molar-refractivity contribution in [2.24, 2.45) is 0 Å². The van der Waals surface area contributed by atoms with Crippen LogP contribution in [0.15, 0.2) is 69.7 Å². The van der Waals surface area contributed by atoms with E-state index in [0.29, 0.717) is 24.9 Å². The van der Waals surface area contributed by atoms with E-state index >= 15 is 0 Å². The summed E-state index contributed by atoms with van der Waals surface area (Å²) in [5.74, 6) is 2.07. The second-order valence-electron chi connectivity index (χ2n) is 6.10. The fraction of sp³-hybridized carbons (Fsp3) is 0.200. The quantitative estimate of drug-likeness (QED) is 0.466. The molecule has 3 heterocycles. The summed E-state index contributed by atoms with van der Waals surface area (Å²) in [6.07, 6.45) is 1.70. The molecule has 0 unspecified atom stereocenters. The second kappa shape index (κ2) is 7.68. The molecule has 0 saturated carbocycles. The molecule has 132 valence electrons. The van der Waals surface area contributed by atoms with Crippen molar-refractivity contribution in [1.82, 2.24) is 15.1 Å². The zero-order valence-corrected chi connectivity index (χ0v) is 15.3. The van der Waals surface area contributed by atoms with Crippen LogP contribution in [-0.4, -0.2) is 15.1 Å². The molecule has 5 nitrogen and oxygen atoms in total. The zero-order valence-electron chi connectivity index (χ0n) is 14.5. The first-order chi connectivity index (χ1) is 12.8. The molecule has 4 aromatic rings. The molecule has 6 heteroatoms. The van der Waals surface area contributed by atoms with E-state index < -0.39 is 0 Å². The molecule has 0 aliphatic heterocycles. The Hall–Kier alpha value is -2.70. The minimum absolute atomic E-state index is 0.547. The number of hydrogen-bond donors (Lipinski definition) is 0. The van der Waals surface area contributed by atoms with E-state index in [-0.39, 0.29) is 0 Å². The zero-order chi connectivity index (χ0) is 17.8. The van der Waals surface area contributed by atoms with E-state index in [9.17, 15) is 0 Å². The van der Waals surface area contributed by atoms with Crippen molar-refractivity contribution >= 4 is 11.3 Å². The average Bonchev–Trinajstić information content (AvgIpc) is 3.39. The van der Waals surface area contributed by atoms with Crippen molar-refractivity contribution in [2.45, 2.75) is 26.6 Å². The van der Waals surface area contributed by atoms with Crippen LogP contribution in [-0.2, 0) is 19.6 Å². The lowest BCUT2D eigenvalue weighted by atomic mass is 10.2. The molecule has 0 aliphatic rings. The third-order valence-electron chi connectivity index (χ3n) is 3.98. The maximum Gasteiger partial charge on any atom is 0.247 e. The van der Waals surface area contributed by atoms with Gasteiger partial charge in [0.1, 0.15) is 5.76 Å². The van der Waals surface area contributed by atoms with Gasteiger partial charge in [-0.1, -0.05) is 18.2 Å². The van der Waals surface area contributed by atoms with Crippen LogP contribution in [0, 0.1) is 6.92 Å². The van der Waals surface area contributed by atoms with E-state index in [2.05, 4.69) is 34.2 Å². The van der Waals surface area contributed by atoms with Crippen LogP contribution in [0.25, 0.3) is 11.5 Å². The molecule has 0 bridgehead atoms. The first kappa shape index (κ1) is 16.8. The van der Waals surface area contributed by atoms with E-state index in [0.717, 1.165) is 17.9 Å². The predicted molar refractivity (Wildman–Crippen MR) is 100 cm³/mol. The molecular weight excluding hydrogens is 346 g/mol. The van der Waals surface area contributed by atoms with Gasteiger partial charge in [-0.25, -0.2) is 0 Å². The highest BCUT2D eigenvalue weighted by atomic mass is 32.1. The predicted octanol–water partition coefficient (Wildman–Crippen LogP) is 4.90. The molecule has 0 saturated heterocycles. The molecule has 0 N–H and O–H groups in total. The Kier molecular flexibility index (Phi) is 4.95. The van der Waals surface area contributed by atoms with Crippen LogP contribution in [0.4, 0.5) is 0 Å². The van der Waals surface area contributed by atoms with Crippen molar-refractivity contribution in [2.75, 3.05) is 0 Å². The van der Waals surface area contributed by atoms with Gasteiger partial charge in [-0.3, -0.25) is 4.90 Å². The van der Waals surface area contributed by atoms with Crippen molar-refractivity contribution in [1.29, 1.82) is 0 Å². The Balaban J connectivity index is 1.51. The Labute approximate surface area is 155 Å². The van der Waals surface area contributed by atoms with Crippen molar-refractivity contribution in [3.8, 4) is 11.5 Å². The summed E-state index contributed by atoms with van der Waals surface area (Å²) in [6, 6.07) is 18.0. The SMILES string of the molecule is Cc1ccc(CN(Cc2ccco2)Cc2nnc(-c3ccccc3)o2)s1. The van der Waals surface area contributed by atoms with Crippen molar-refractivity contribution in [3.63, 3.8) is 0 Å². The lowest BCUT2D eigenvalue weighted by Crippen LogP contribution is -2.21. The number of nitrogens with zero attached hydrogens (tertiary/aromatic N) is 3. The van der Waals surface area contributed by atoms with Gasteiger partial charge in [-0.2, -0.15) is 0 Å². The molecule has 0 aliphatic carbocycles. The van der Waals surface area contributed by atoms with Gasteiger partial charge < -0.3 is 8.83 Å². The fourth-order valence-corrected chi connectivity index (χ4v) is 3.72. The van der Waals surface area contributed by atoms with Crippen LogP contribution < -0.4 is 0 Å². The molecule has 0 spiro atoms. The lowest BCUT2D eigenvalue weighted by Gasteiger charge is -2.18. The van der Waals surface area contributed by atoms with E-state index in [4.69, 9.17) is 8.83 Å². The summed E-state index contributed by atoms with van der Waals surface area (Å²) in [4.78, 5) is 4.85. The fourth-order valence-electron chi connectivity index (χ4n) is 2.79. The average molecular weight is 365 g/mol. The molecule has 0 amide bonds. The minimum Gasteiger partial charge on any atom is -0.468 e. The molecule has 1 aromatic carbocycles. The number of furan rings is 1. The summed E-state index contributed by atoms with van der Waals surface area (Å²) in [5, 5.41) is 8.41. The maximum atomic E-state index is 5.87. The lowest BCUT2D eigenvalue weighted by molar-refractivity contribution is 0.208. The van der Waals surface area contributed by atoms with Gasteiger partial charge in [-0.05, 0) is 43.3 Å². The third-order valence-corrected chi connectivity index (χ3v) is 4.97. The van der Waals surface area contributed by atoms with Gasteiger partial charge in [0.15, 0.2) is 0 Å². The molecule has 26 heavy (non-hydrogen) atoms. The minimum atomic E-state index is 0.547. The highest BCUT2D eigenvalue weighted by molar-refractivity contribution is 7.11. The van der Waals surface area contributed by atoms with Gasteiger partial charge in [0, 0.05) is 21.9 Å². The Morgan fingerprint density at radius 2 is 1.81 bits per heavy atom. The number of benzene rings is 1. The maximum absolute atomic E-state index is 5.87. The van der Waals surface area contributed by atoms with Gasteiger partial charge in [-0.15, -0.1) is 21.5 Å². The number of aromatic nitrogens is 2. The molecule has 0 radical (unpaired) electrons. The summed E-state index contributed by atoms with van der Waals surface area (Å²) >= 11 is 1.80. The number of rotatable bonds is 7. The Bertz CT molecular complexity index is 945. The van der Waals surface area contributed by atoms with Crippen LogP contribution in [0.5, 0.6) is 0 Å². The van der Waals surface area contributed by atoms with Crippen LogP contribution in [0.3, 0.4) is 0 Å². The number of aryl methyl sites for hydroxylation is 1. The van der Waals surface area contributed by atoms with Gasteiger partial charge in [0.05, 0.1) is 19.4 Å². The van der Waals surface area contributed by atoms with Crippen molar-refractivity contribution in [3.05, 3.63) is 82.3 Å². The van der Waals surface area contributed by atoms with Crippen LogP contribution in [0.2, 0.25) is 0 Å². The first-order valence-corrected chi connectivity index (χ1v) is 9.26. The topological polar surface area (TPSA) is 55.3 Å². The third kappa shape index (κ3) is 4.09. The van der Waals surface area contributed by atoms with Gasteiger partial charge in [0.25, 0.3) is 0 Å². The van der Waals surface area contributed by atoms with Crippen LogP contribution in [0.1, 0.15) is 21.4 Å². The summed E-state index contributed by atoms with van der Waals surface area (Å²) in [7, 11) is 0. The Morgan fingerprint density at radius 3 is 2.54 bits per heavy atom. The normalized spacial score (nSPS) is 11.3. The molecule has 4 rings (SSSR count). The Morgan fingerprint density at radius 1 is 0.923 bits per heavy atom. The highest BCUT2D eigenvalue weighted by Crippen LogP contribution is 2.22. The van der Waals surface area contributed by atoms with E-state index in [1.165, 1.54) is 9.75 Å². The van der Waals surface area contributed by atoms with Crippen LogP contribution >= 0.6 is 11.3 Å². The van der Waals surface area contributed by atoms with E-state index in [1.54, 1.807) is 17.6 Å².